The van der Waals surface area contributed by atoms with E-state index in [9.17, 15) is 9.59 Å². The monoisotopic (exact) mass is 443 g/mol. The van der Waals surface area contributed by atoms with E-state index in [4.69, 9.17) is 27.6 Å². The summed E-state index contributed by atoms with van der Waals surface area (Å²) in [6.45, 7) is 1.91. The van der Waals surface area contributed by atoms with Crippen LogP contribution in [0.25, 0.3) is 5.57 Å². The number of furan rings is 1. The minimum atomic E-state index is -0.410. The second kappa shape index (κ2) is 8.11. The number of amides is 2. The predicted octanol–water partition coefficient (Wildman–Crippen LogP) is 6.11. The first-order valence-corrected chi connectivity index (χ1v) is 10.5. The van der Waals surface area contributed by atoms with Gasteiger partial charge in [0.1, 0.15) is 5.76 Å². The van der Waals surface area contributed by atoms with E-state index in [1.165, 1.54) is 16.7 Å². The molecule has 4 nitrogen and oxygen atoms in total. The van der Waals surface area contributed by atoms with Gasteiger partial charge in [-0.05, 0) is 48.9 Å². The van der Waals surface area contributed by atoms with Crippen molar-refractivity contribution in [2.75, 3.05) is 4.90 Å². The van der Waals surface area contributed by atoms with Gasteiger partial charge >= 0.3 is 0 Å². The molecule has 2 aromatic carbocycles. The molecule has 0 aliphatic carbocycles. The summed E-state index contributed by atoms with van der Waals surface area (Å²) in [4.78, 5) is 28.2. The number of rotatable bonds is 5. The number of carbonyl (C=O) groups excluding carboxylic acids is 2. The highest BCUT2D eigenvalue weighted by Crippen LogP contribution is 2.42. The standard InChI is InChI=1S/C22H15Cl2NO3S/c1-13-4-2-5-15(10-13)25-21(26)19(17-8-7-14(23)11-18(17)24)20(22(25)27)29-12-16-6-3-9-28-16/h2-11H,12H2,1H3. The van der Waals surface area contributed by atoms with E-state index in [-0.39, 0.29) is 11.5 Å². The molecular formula is C22H15Cl2NO3S. The molecular weight excluding hydrogens is 429 g/mol. The molecule has 2 heterocycles. The molecule has 3 aromatic rings. The number of anilines is 1. The molecule has 2 amide bonds. The highest BCUT2D eigenvalue weighted by atomic mass is 35.5. The number of aryl methyl sites for hydroxylation is 1. The average Bonchev–Trinajstić information content (AvgIpc) is 3.27. The smallest absolute Gasteiger partial charge is 0.272 e. The normalized spacial score (nSPS) is 14.2. The van der Waals surface area contributed by atoms with Gasteiger partial charge in [0.25, 0.3) is 11.8 Å². The predicted molar refractivity (Wildman–Crippen MR) is 117 cm³/mol. The summed E-state index contributed by atoms with van der Waals surface area (Å²) in [5.41, 5.74) is 2.23. The van der Waals surface area contributed by atoms with E-state index in [1.54, 1.807) is 42.7 Å². The van der Waals surface area contributed by atoms with Crippen molar-refractivity contribution in [3.05, 3.63) is 92.7 Å². The average molecular weight is 444 g/mol. The quantitative estimate of drug-likeness (QED) is 0.446. The number of hydrogen-bond donors (Lipinski definition) is 0. The Balaban J connectivity index is 1.80. The number of nitrogens with zero attached hydrogens (tertiary/aromatic N) is 1. The van der Waals surface area contributed by atoms with Crippen LogP contribution in [0.5, 0.6) is 0 Å². The van der Waals surface area contributed by atoms with Gasteiger partial charge in [-0.15, -0.1) is 11.8 Å². The zero-order chi connectivity index (χ0) is 20.5. The Labute approximate surface area is 182 Å². The Bertz CT molecular complexity index is 1140. The van der Waals surface area contributed by atoms with Gasteiger partial charge < -0.3 is 4.42 Å². The molecule has 146 valence electrons. The van der Waals surface area contributed by atoms with E-state index in [2.05, 4.69) is 0 Å². The van der Waals surface area contributed by atoms with Crippen LogP contribution < -0.4 is 4.90 Å². The number of imide groups is 1. The van der Waals surface area contributed by atoms with E-state index in [0.29, 0.717) is 37.7 Å². The molecule has 0 fully saturated rings. The fourth-order valence-corrected chi connectivity index (χ4v) is 4.62. The number of thioether (sulfide) groups is 1. The van der Waals surface area contributed by atoms with E-state index < -0.39 is 5.91 Å². The molecule has 0 saturated heterocycles. The summed E-state index contributed by atoms with van der Waals surface area (Å²) in [6.07, 6.45) is 1.57. The maximum absolute atomic E-state index is 13.4. The van der Waals surface area contributed by atoms with Crippen LogP contribution in [0, 0.1) is 6.92 Å². The van der Waals surface area contributed by atoms with Crippen molar-refractivity contribution in [3.8, 4) is 0 Å². The Morgan fingerprint density at radius 3 is 2.52 bits per heavy atom. The maximum Gasteiger partial charge on any atom is 0.272 e. The minimum Gasteiger partial charge on any atom is -0.468 e. The van der Waals surface area contributed by atoms with Crippen LogP contribution in [-0.4, -0.2) is 11.8 Å². The molecule has 1 aliphatic heterocycles. The summed E-state index contributed by atoms with van der Waals surface area (Å²) < 4.78 is 5.37. The topological polar surface area (TPSA) is 50.5 Å². The lowest BCUT2D eigenvalue weighted by Gasteiger charge is -2.16. The molecule has 29 heavy (non-hydrogen) atoms. The zero-order valence-electron chi connectivity index (χ0n) is 15.3. The first-order valence-electron chi connectivity index (χ1n) is 8.76. The van der Waals surface area contributed by atoms with Crippen molar-refractivity contribution in [2.24, 2.45) is 0 Å². The summed E-state index contributed by atoms with van der Waals surface area (Å²) in [7, 11) is 0. The summed E-state index contributed by atoms with van der Waals surface area (Å²) in [6, 6.07) is 15.7. The van der Waals surface area contributed by atoms with Gasteiger partial charge in [0.05, 0.1) is 33.2 Å². The van der Waals surface area contributed by atoms with Crippen LogP contribution in [0.4, 0.5) is 5.69 Å². The highest BCUT2D eigenvalue weighted by molar-refractivity contribution is 8.03. The fourth-order valence-electron chi connectivity index (χ4n) is 3.11. The van der Waals surface area contributed by atoms with Gasteiger partial charge in [-0.25, -0.2) is 4.90 Å². The van der Waals surface area contributed by atoms with E-state index in [0.717, 1.165) is 5.56 Å². The molecule has 0 N–H and O–H groups in total. The largest absolute Gasteiger partial charge is 0.468 e. The van der Waals surface area contributed by atoms with Gasteiger partial charge in [-0.1, -0.05) is 41.4 Å². The van der Waals surface area contributed by atoms with Gasteiger partial charge in [-0.3, -0.25) is 9.59 Å². The zero-order valence-corrected chi connectivity index (χ0v) is 17.6. The van der Waals surface area contributed by atoms with E-state index >= 15 is 0 Å². The Hall–Kier alpha value is -2.47. The molecule has 1 aliphatic rings. The van der Waals surface area contributed by atoms with Gasteiger partial charge in [0.2, 0.25) is 0 Å². The van der Waals surface area contributed by atoms with Gasteiger partial charge in [0.15, 0.2) is 0 Å². The third-order valence-electron chi connectivity index (χ3n) is 4.44. The second-order valence-corrected chi connectivity index (χ2v) is 8.31. The summed E-state index contributed by atoms with van der Waals surface area (Å²) >= 11 is 13.6. The Morgan fingerprint density at radius 1 is 1.00 bits per heavy atom. The number of benzene rings is 2. The van der Waals surface area contributed by atoms with Crippen LogP contribution >= 0.6 is 35.0 Å². The summed E-state index contributed by atoms with van der Waals surface area (Å²) in [5, 5.41) is 0.771. The molecule has 4 rings (SSSR count). The minimum absolute atomic E-state index is 0.273. The molecule has 0 radical (unpaired) electrons. The molecule has 0 saturated carbocycles. The van der Waals surface area contributed by atoms with Crippen LogP contribution in [-0.2, 0) is 15.3 Å². The van der Waals surface area contributed by atoms with E-state index in [1.807, 2.05) is 25.1 Å². The lowest BCUT2D eigenvalue weighted by atomic mass is 10.1. The first-order chi connectivity index (χ1) is 14.0. The lowest BCUT2D eigenvalue weighted by molar-refractivity contribution is -0.119. The maximum atomic E-state index is 13.4. The second-order valence-electron chi connectivity index (χ2n) is 6.48. The first kappa shape index (κ1) is 19.8. The highest BCUT2D eigenvalue weighted by Gasteiger charge is 2.41. The van der Waals surface area contributed by atoms with Crippen molar-refractivity contribution in [1.82, 2.24) is 0 Å². The Kier molecular flexibility index (Phi) is 5.54. The van der Waals surface area contributed by atoms with Gasteiger partial charge in [0, 0.05) is 10.6 Å². The van der Waals surface area contributed by atoms with Crippen molar-refractivity contribution < 1.29 is 14.0 Å². The van der Waals surface area contributed by atoms with Crippen LogP contribution in [0.1, 0.15) is 16.9 Å². The Morgan fingerprint density at radius 2 is 1.83 bits per heavy atom. The fraction of sp³-hybridized carbons (Fsp3) is 0.0909. The third kappa shape index (κ3) is 3.86. The van der Waals surface area contributed by atoms with Gasteiger partial charge in [-0.2, -0.15) is 0 Å². The molecule has 0 unspecified atom stereocenters. The van der Waals surface area contributed by atoms with Crippen LogP contribution in [0.15, 0.2) is 70.2 Å². The molecule has 0 atom stereocenters. The van der Waals surface area contributed by atoms with Crippen LogP contribution in [0.2, 0.25) is 10.0 Å². The molecule has 0 bridgehead atoms. The summed E-state index contributed by atoms with van der Waals surface area (Å²) in [5.74, 6) is 0.334. The third-order valence-corrected chi connectivity index (χ3v) is 6.08. The number of halogens is 2. The SMILES string of the molecule is Cc1cccc(N2C(=O)C(SCc3ccco3)=C(c3ccc(Cl)cc3Cl)C2=O)c1. The van der Waals surface area contributed by atoms with Crippen molar-refractivity contribution in [3.63, 3.8) is 0 Å². The van der Waals surface area contributed by atoms with Crippen molar-refractivity contribution >= 4 is 58.0 Å². The lowest BCUT2D eigenvalue weighted by Crippen LogP contribution is -2.31. The number of hydrogen-bond acceptors (Lipinski definition) is 4. The molecule has 1 aromatic heterocycles. The molecule has 7 heteroatoms. The molecule has 0 spiro atoms. The van der Waals surface area contributed by atoms with Crippen molar-refractivity contribution in [2.45, 2.75) is 12.7 Å². The van der Waals surface area contributed by atoms with Crippen LogP contribution in [0.3, 0.4) is 0 Å². The number of carbonyl (C=O) groups is 2. The van der Waals surface area contributed by atoms with Crippen molar-refractivity contribution in [1.29, 1.82) is 0 Å².